The minimum absolute atomic E-state index is 0.0148. The second-order valence-electron chi connectivity index (χ2n) is 8.35. The summed E-state index contributed by atoms with van der Waals surface area (Å²) in [7, 11) is 1.62. The van der Waals surface area contributed by atoms with Crippen molar-refractivity contribution in [2.24, 2.45) is 5.92 Å². The Kier molecular flexibility index (Phi) is 10.6. The summed E-state index contributed by atoms with van der Waals surface area (Å²) < 4.78 is 5.33. The number of benzene rings is 2. The van der Waals surface area contributed by atoms with E-state index in [0.29, 0.717) is 37.6 Å². The van der Waals surface area contributed by atoms with Crippen LogP contribution in [0.2, 0.25) is 0 Å². The quantitative estimate of drug-likeness (QED) is 0.453. The lowest BCUT2D eigenvalue weighted by Crippen LogP contribution is -2.49. The van der Waals surface area contributed by atoms with Crippen LogP contribution in [0.25, 0.3) is 0 Å². The topological polar surface area (TPSA) is 58.6 Å². The second-order valence-corrected chi connectivity index (χ2v) is 9.52. The molecule has 2 amide bonds. The fourth-order valence-corrected chi connectivity index (χ4v) is 4.18. The van der Waals surface area contributed by atoms with Gasteiger partial charge in [0.05, 0.1) is 7.11 Å². The zero-order valence-electron chi connectivity index (χ0n) is 19.9. The molecule has 0 aliphatic heterocycles. The van der Waals surface area contributed by atoms with E-state index in [9.17, 15) is 9.59 Å². The zero-order valence-corrected chi connectivity index (χ0v) is 20.7. The molecule has 6 heteroatoms. The van der Waals surface area contributed by atoms with Crippen molar-refractivity contribution < 1.29 is 14.3 Å². The summed E-state index contributed by atoms with van der Waals surface area (Å²) in [6, 6.07) is 15.5. The van der Waals surface area contributed by atoms with Gasteiger partial charge in [0.25, 0.3) is 0 Å². The van der Waals surface area contributed by atoms with Crippen LogP contribution < -0.4 is 10.1 Å². The van der Waals surface area contributed by atoms with Crippen LogP contribution >= 0.6 is 11.8 Å². The monoisotopic (exact) mass is 456 g/mol. The lowest BCUT2D eigenvalue weighted by molar-refractivity contribution is -0.141. The van der Waals surface area contributed by atoms with Crippen LogP contribution in [-0.2, 0) is 16.1 Å². The molecular formula is C26H36N2O3S. The van der Waals surface area contributed by atoms with E-state index in [1.54, 1.807) is 23.8 Å². The lowest BCUT2D eigenvalue weighted by atomic mass is 10.1. The molecule has 0 saturated carbocycles. The Morgan fingerprint density at radius 2 is 1.84 bits per heavy atom. The van der Waals surface area contributed by atoms with E-state index in [4.69, 9.17) is 4.74 Å². The maximum Gasteiger partial charge on any atom is 0.242 e. The number of nitrogens with one attached hydrogen (secondary N) is 1. The van der Waals surface area contributed by atoms with Crippen LogP contribution in [0, 0.1) is 12.8 Å². The highest BCUT2D eigenvalue weighted by atomic mass is 32.2. The number of amides is 2. The van der Waals surface area contributed by atoms with Gasteiger partial charge in [0.2, 0.25) is 11.8 Å². The number of rotatable bonds is 12. The number of hydrogen-bond acceptors (Lipinski definition) is 4. The van der Waals surface area contributed by atoms with Gasteiger partial charge in [-0.1, -0.05) is 50.6 Å². The number of aryl methyl sites for hydroxylation is 1. The van der Waals surface area contributed by atoms with Gasteiger partial charge in [-0.3, -0.25) is 9.59 Å². The Labute approximate surface area is 196 Å². The molecule has 32 heavy (non-hydrogen) atoms. The third-order valence-corrected chi connectivity index (χ3v) is 6.18. The first-order valence-electron chi connectivity index (χ1n) is 11.2. The van der Waals surface area contributed by atoms with E-state index in [2.05, 4.69) is 50.4 Å². The summed E-state index contributed by atoms with van der Waals surface area (Å²) in [5, 5.41) is 3.00. The lowest BCUT2D eigenvalue weighted by Gasteiger charge is -2.31. The molecule has 0 heterocycles. The van der Waals surface area contributed by atoms with Crippen molar-refractivity contribution in [1.29, 1.82) is 0 Å². The number of ether oxygens (including phenoxy) is 1. The summed E-state index contributed by atoms with van der Waals surface area (Å²) >= 11 is 1.66. The molecule has 2 aromatic rings. The number of nitrogens with zero attached hydrogens (tertiary/aromatic N) is 1. The van der Waals surface area contributed by atoms with E-state index >= 15 is 0 Å². The molecule has 1 atom stereocenters. The van der Waals surface area contributed by atoms with Crippen molar-refractivity contribution in [2.75, 3.05) is 19.4 Å². The Morgan fingerprint density at radius 3 is 2.47 bits per heavy atom. The highest BCUT2D eigenvalue weighted by Gasteiger charge is 2.28. The van der Waals surface area contributed by atoms with Gasteiger partial charge < -0.3 is 15.0 Å². The van der Waals surface area contributed by atoms with E-state index in [1.165, 1.54) is 5.56 Å². The van der Waals surface area contributed by atoms with Crippen molar-refractivity contribution in [3.8, 4) is 5.75 Å². The smallest absolute Gasteiger partial charge is 0.242 e. The molecule has 0 unspecified atom stereocenters. The molecule has 0 aliphatic rings. The van der Waals surface area contributed by atoms with Crippen LogP contribution in [0.1, 0.15) is 44.7 Å². The van der Waals surface area contributed by atoms with Gasteiger partial charge in [-0.25, -0.2) is 0 Å². The Bertz CT molecular complexity index is 868. The SMILES string of the molecule is CC[C@@H](C(=O)NCC(C)C)N(Cc1cccc(OC)c1)C(=O)CCSc1ccc(C)cc1. The van der Waals surface area contributed by atoms with E-state index in [-0.39, 0.29) is 11.8 Å². The molecule has 2 aromatic carbocycles. The normalized spacial score (nSPS) is 11.8. The van der Waals surface area contributed by atoms with Gasteiger partial charge in [-0.2, -0.15) is 0 Å². The predicted molar refractivity (Wildman–Crippen MR) is 132 cm³/mol. The van der Waals surface area contributed by atoms with Crippen molar-refractivity contribution in [1.82, 2.24) is 10.2 Å². The summed E-state index contributed by atoms with van der Waals surface area (Å²) in [5.74, 6) is 1.65. The molecule has 5 nitrogen and oxygen atoms in total. The van der Waals surface area contributed by atoms with E-state index < -0.39 is 6.04 Å². The molecule has 1 N–H and O–H groups in total. The first kappa shape index (κ1) is 25.8. The zero-order chi connectivity index (χ0) is 23.5. The first-order chi connectivity index (χ1) is 15.3. The van der Waals surface area contributed by atoms with Crippen LogP contribution in [0.15, 0.2) is 53.4 Å². The second kappa shape index (κ2) is 13.2. The Balaban J connectivity index is 2.13. The Hall–Kier alpha value is -2.47. The molecule has 0 spiro atoms. The maximum absolute atomic E-state index is 13.3. The largest absolute Gasteiger partial charge is 0.497 e. The molecule has 0 radical (unpaired) electrons. The van der Waals surface area contributed by atoms with Gasteiger partial charge in [-0.05, 0) is 49.1 Å². The van der Waals surface area contributed by atoms with Gasteiger partial charge >= 0.3 is 0 Å². The van der Waals surface area contributed by atoms with Gasteiger partial charge in [-0.15, -0.1) is 11.8 Å². The molecule has 0 saturated heterocycles. The van der Waals surface area contributed by atoms with Crippen LogP contribution in [-0.4, -0.2) is 42.2 Å². The maximum atomic E-state index is 13.3. The summed E-state index contributed by atoms with van der Waals surface area (Å²) in [6.07, 6.45) is 0.932. The van der Waals surface area contributed by atoms with Gasteiger partial charge in [0, 0.05) is 30.2 Å². The molecule has 0 fully saturated rings. The highest BCUT2D eigenvalue weighted by molar-refractivity contribution is 7.99. The highest BCUT2D eigenvalue weighted by Crippen LogP contribution is 2.22. The van der Waals surface area contributed by atoms with E-state index in [0.717, 1.165) is 16.2 Å². The number of carbonyl (C=O) groups is 2. The van der Waals surface area contributed by atoms with Crippen molar-refractivity contribution in [2.45, 2.75) is 58.0 Å². The number of methoxy groups -OCH3 is 1. The van der Waals surface area contributed by atoms with Gasteiger partial charge in [0.1, 0.15) is 11.8 Å². The third kappa shape index (κ3) is 8.23. The summed E-state index contributed by atoms with van der Waals surface area (Å²) in [5.41, 5.74) is 2.16. The van der Waals surface area contributed by atoms with Crippen LogP contribution in [0.3, 0.4) is 0 Å². The molecule has 0 aliphatic carbocycles. The average molecular weight is 457 g/mol. The average Bonchev–Trinajstić information content (AvgIpc) is 2.78. The van der Waals surface area contributed by atoms with Crippen LogP contribution in [0.4, 0.5) is 0 Å². The molecule has 0 aromatic heterocycles. The summed E-state index contributed by atoms with van der Waals surface area (Å²) in [4.78, 5) is 29.1. The fourth-order valence-electron chi connectivity index (χ4n) is 3.34. The fraction of sp³-hybridized carbons (Fsp3) is 0.462. The summed E-state index contributed by atoms with van der Waals surface area (Å²) in [6.45, 7) is 9.10. The minimum Gasteiger partial charge on any atom is -0.497 e. The molecule has 0 bridgehead atoms. The molecule has 174 valence electrons. The standard InChI is InChI=1S/C26H36N2O3S/c1-6-24(26(30)27-17-19(2)3)28(18-21-8-7-9-22(16-21)31-5)25(29)14-15-32-23-12-10-20(4)11-13-23/h7-13,16,19,24H,6,14-15,17-18H2,1-5H3,(H,27,30)/t24-/m0/s1. The number of thioether (sulfide) groups is 1. The Morgan fingerprint density at radius 1 is 1.12 bits per heavy atom. The van der Waals surface area contributed by atoms with E-state index in [1.807, 2.05) is 31.2 Å². The first-order valence-corrected chi connectivity index (χ1v) is 12.2. The number of hydrogen-bond donors (Lipinski definition) is 1. The van der Waals surface area contributed by atoms with Crippen molar-refractivity contribution in [3.05, 3.63) is 59.7 Å². The van der Waals surface area contributed by atoms with Crippen molar-refractivity contribution in [3.63, 3.8) is 0 Å². The minimum atomic E-state index is -0.503. The molecular weight excluding hydrogens is 420 g/mol. The third-order valence-electron chi connectivity index (χ3n) is 5.16. The van der Waals surface area contributed by atoms with Crippen molar-refractivity contribution >= 4 is 23.6 Å². The predicted octanol–water partition coefficient (Wildman–Crippen LogP) is 5.07. The van der Waals surface area contributed by atoms with Crippen LogP contribution in [0.5, 0.6) is 5.75 Å². The van der Waals surface area contributed by atoms with Gasteiger partial charge in [0.15, 0.2) is 0 Å². The number of carbonyl (C=O) groups excluding carboxylic acids is 2. The molecule has 2 rings (SSSR count).